The zero-order valence-electron chi connectivity index (χ0n) is 13.5. The summed E-state index contributed by atoms with van der Waals surface area (Å²) in [5.74, 6) is 1.31. The van der Waals surface area contributed by atoms with Gasteiger partial charge in [-0.3, -0.25) is 9.69 Å². The monoisotopic (exact) mass is 324 g/mol. The highest BCUT2D eigenvalue weighted by atomic mass is 32.1. The molecule has 6 heteroatoms. The van der Waals surface area contributed by atoms with Gasteiger partial charge in [0, 0.05) is 37.1 Å². The molecule has 5 nitrogen and oxygen atoms in total. The van der Waals surface area contributed by atoms with E-state index in [9.17, 15) is 4.79 Å². The maximum absolute atomic E-state index is 12.8. The number of morpholine rings is 1. The summed E-state index contributed by atoms with van der Waals surface area (Å²) >= 11 is 1.52. The normalized spacial score (nSPS) is 26.4. The van der Waals surface area contributed by atoms with E-state index in [4.69, 9.17) is 9.47 Å². The van der Waals surface area contributed by atoms with E-state index in [0.717, 1.165) is 49.1 Å². The number of amides is 1. The van der Waals surface area contributed by atoms with Gasteiger partial charge in [0.15, 0.2) is 0 Å². The zero-order valence-corrected chi connectivity index (χ0v) is 14.3. The fraction of sp³-hybridized carbons (Fsp3) is 0.688. The van der Waals surface area contributed by atoms with E-state index in [-0.39, 0.29) is 5.91 Å². The number of carbonyl (C=O) groups excluding carboxylic acids is 1. The van der Waals surface area contributed by atoms with Gasteiger partial charge >= 0.3 is 0 Å². The molecule has 0 bridgehead atoms. The maximum Gasteiger partial charge on any atom is 0.267 e. The summed E-state index contributed by atoms with van der Waals surface area (Å²) in [5.41, 5.74) is 0. The highest BCUT2D eigenvalue weighted by molar-refractivity contribution is 7.14. The van der Waals surface area contributed by atoms with Crippen molar-refractivity contribution in [3.8, 4) is 5.75 Å². The summed E-state index contributed by atoms with van der Waals surface area (Å²) < 4.78 is 10.8. The molecule has 3 rings (SSSR count). The summed E-state index contributed by atoms with van der Waals surface area (Å²) in [6.45, 7) is 9.42. The molecule has 122 valence electrons. The predicted molar refractivity (Wildman–Crippen MR) is 86.9 cm³/mol. The molecule has 0 saturated carbocycles. The minimum Gasteiger partial charge on any atom is -0.495 e. The molecule has 1 amide bonds. The highest BCUT2D eigenvalue weighted by Crippen LogP contribution is 2.32. The molecule has 1 aromatic rings. The fourth-order valence-corrected chi connectivity index (χ4v) is 4.38. The van der Waals surface area contributed by atoms with Crippen LogP contribution in [0.1, 0.15) is 21.5 Å². The summed E-state index contributed by atoms with van der Waals surface area (Å²) in [7, 11) is 1.63. The summed E-state index contributed by atoms with van der Waals surface area (Å²) in [5, 5.41) is 0. The third-order valence-corrected chi connectivity index (χ3v) is 5.63. The minimum atomic E-state index is 0.109. The van der Waals surface area contributed by atoms with Crippen LogP contribution in [-0.4, -0.2) is 68.3 Å². The molecular formula is C16H24N2O3S. The standard InChI is InChI=1S/C16H24N2O3S/c1-11-9-18(10-13(11)17-4-6-21-7-5-17)16(19)15-14(20-3)8-12(2)22-15/h8,11,13H,4-7,9-10H2,1-3H3/t11-,13-/m1/s1. The van der Waals surface area contributed by atoms with Gasteiger partial charge in [0.1, 0.15) is 10.6 Å². The molecule has 2 atom stereocenters. The lowest BCUT2D eigenvalue weighted by Gasteiger charge is -2.33. The van der Waals surface area contributed by atoms with Crippen molar-refractivity contribution >= 4 is 17.2 Å². The average Bonchev–Trinajstić information content (AvgIpc) is 3.10. The lowest BCUT2D eigenvalue weighted by atomic mass is 10.0. The van der Waals surface area contributed by atoms with Gasteiger partial charge < -0.3 is 14.4 Å². The van der Waals surface area contributed by atoms with Gasteiger partial charge in [-0.25, -0.2) is 0 Å². The van der Waals surface area contributed by atoms with Crippen LogP contribution in [-0.2, 0) is 4.74 Å². The van der Waals surface area contributed by atoms with Gasteiger partial charge in [0.2, 0.25) is 0 Å². The number of thiophene rings is 1. The first-order chi connectivity index (χ1) is 10.6. The molecule has 2 aliphatic heterocycles. The van der Waals surface area contributed by atoms with Crippen LogP contribution < -0.4 is 4.74 Å². The second kappa shape index (κ2) is 6.56. The van der Waals surface area contributed by atoms with E-state index in [1.54, 1.807) is 7.11 Å². The van der Waals surface area contributed by atoms with Crippen molar-refractivity contribution in [2.24, 2.45) is 5.92 Å². The van der Waals surface area contributed by atoms with Gasteiger partial charge in [-0.2, -0.15) is 0 Å². The van der Waals surface area contributed by atoms with Crippen molar-refractivity contribution in [3.63, 3.8) is 0 Å². The van der Waals surface area contributed by atoms with Gasteiger partial charge in [-0.05, 0) is 18.9 Å². The second-order valence-corrected chi connectivity index (χ2v) is 7.41. The molecule has 2 saturated heterocycles. The number of methoxy groups -OCH3 is 1. The summed E-state index contributed by atoms with van der Waals surface area (Å²) in [6, 6.07) is 2.39. The van der Waals surface area contributed by atoms with Crippen LogP contribution in [0.25, 0.3) is 0 Å². The number of hydrogen-bond donors (Lipinski definition) is 0. The first kappa shape index (κ1) is 15.8. The van der Waals surface area contributed by atoms with E-state index in [0.29, 0.717) is 17.7 Å². The highest BCUT2D eigenvalue weighted by Gasteiger charge is 2.37. The van der Waals surface area contributed by atoms with Crippen LogP contribution in [0.3, 0.4) is 0 Å². The van der Waals surface area contributed by atoms with Crippen LogP contribution in [0.4, 0.5) is 0 Å². The van der Waals surface area contributed by atoms with E-state index < -0.39 is 0 Å². The number of hydrogen-bond acceptors (Lipinski definition) is 5. The molecule has 0 unspecified atom stereocenters. The third-order valence-electron chi connectivity index (χ3n) is 4.61. The van der Waals surface area contributed by atoms with Crippen molar-refractivity contribution < 1.29 is 14.3 Å². The van der Waals surface area contributed by atoms with Crippen molar-refractivity contribution in [1.82, 2.24) is 9.80 Å². The first-order valence-corrected chi connectivity index (χ1v) is 8.67. The SMILES string of the molecule is COc1cc(C)sc1C(=O)N1C[C@@H](C)[C@H](N2CCOCC2)C1. The Balaban J connectivity index is 1.71. The van der Waals surface area contributed by atoms with Crippen LogP contribution >= 0.6 is 11.3 Å². The number of likely N-dealkylation sites (tertiary alicyclic amines) is 1. The number of ether oxygens (including phenoxy) is 2. The molecule has 0 spiro atoms. The van der Waals surface area contributed by atoms with Gasteiger partial charge in [-0.1, -0.05) is 6.92 Å². The Labute approximate surface area is 135 Å². The van der Waals surface area contributed by atoms with Crippen LogP contribution in [0.15, 0.2) is 6.07 Å². The molecule has 0 aliphatic carbocycles. The van der Waals surface area contributed by atoms with Crippen molar-refractivity contribution in [1.29, 1.82) is 0 Å². The minimum absolute atomic E-state index is 0.109. The van der Waals surface area contributed by atoms with Gasteiger partial charge in [-0.15, -0.1) is 11.3 Å². The Kier molecular flexibility index (Phi) is 4.70. The van der Waals surface area contributed by atoms with Crippen molar-refractivity contribution in [3.05, 3.63) is 15.8 Å². The maximum atomic E-state index is 12.8. The van der Waals surface area contributed by atoms with Gasteiger partial charge in [0.25, 0.3) is 5.91 Å². The van der Waals surface area contributed by atoms with Crippen molar-refractivity contribution in [2.75, 3.05) is 46.5 Å². The lowest BCUT2D eigenvalue weighted by Crippen LogP contribution is -2.47. The Morgan fingerprint density at radius 3 is 2.77 bits per heavy atom. The average molecular weight is 324 g/mol. The number of rotatable bonds is 3. The predicted octanol–water partition coefficient (Wildman–Crippen LogP) is 1.86. The molecule has 0 aromatic carbocycles. The van der Waals surface area contributed by atoms with E-state index in [2.05, 4.69) is 11.8 Å². The number of nitrogens with zero attached hydrogens (tertiary/aromatic N) is 2. The topological polar surface area (TPSA) is 42.0 Å². The molecule has 2 fully saturated rings. The molecule has 0 radical (unpaired) electrons. The molecular weight excluding hydrogens is 300 g/mol. The molecule has 22 heavy (non-hydrogen) atoms. The Hall–Kier alpha value is -1.11. The van der Waals surface area contributed by atoms with E-state index in [1.807, 2.05) is 17.9 Å². The fourth-order valence-electron chi connectivity index (χ4n) is 3.44. The van der Waals surface area contributed by atoms with Crippen LogP contribution in [0.5, 0.6) is 5.75 Å². The van der Waals surface area contributed by atoms with Crippen LogP contribution in [0, 0.1) is 12.8 Å². The summed E-state index contributed by atoms with van der Waals surface area (Å²) in [4.78, 5) is 19.1. The quantitative estimate of drug-likeness (QED) is 0.851. The Bertz CT molecular complexity index is 539. The first-order valence-electron chi connectivity index (χ1n) is 7.85. The largest absolute Gasteiger partial charge is 0.495 e. The molecule has 1 aromatic heterocycles. The summed E-state index contributed by atoms with van der Waals surface area (Å²) in [6.07, 6.45) is 0. The van der Waals surface area contributed by atoms with Crippen LogP contribution in [0.2, 0.25) is 0 Å². The number of carbonyl (C=O) groups is 1. The van der Waals surface area contributed by atoms with Gasteiger partial charge in [0.05, 0.1) is 20.3 Å². The van der Waals surface area contributed by atoms with E-state index >= 15 is 0 Å². The second-order valence-electron chi connectivity index (χ2n) is 6.16. The molecule has 0 N–H and O–H groups in total. The molecule has 2 aliphatic rings. The lowest BCUT2D eigenvalue weighted by molar-refractivity contribution is 0.0119. The Morgan fingerprint density at radius 1 is 1.36 bits per heavy atom. The number of aryl methyl sites for hydroxylation is 1. The third kappa shape index (κ3) is 3.00. The smallest absolute Gasteiger partial charge is 0.267 e. The zero-order chi connectivity index (χ0) is 15.7. The molecule has 3 heterocycles. The Morgan fingerprint density at radius 2 is 2.09 bits per heavy atom. The van der Waals surface area contributed by atoms with Crippen molar-refractivity contribution in [2.45, 2.75) is 19.9 Å². The van der Waals surface area contributed by atoms with E-state index in [1.165, 1.54) is 11.3 Å².